The Morgan fingerprint density at radius 1 is 1.25 bits per heavy atom. The molecule has 0 aromatic heterocycles. The summed E-state index contributed by atoms with van der Waals surface area (Å²) in [6.07, 6.45) is 2.75. The third-order valence-electron chi connectivity index (χ3n) is 3.79. The number of nitrogens with one attached hydrogen (secondary N) is 1. The van der Waals surface area contributed by atoms with Crippen molar-refractivity contribution in [2.75, 3.05) is 12.8 Å². The third-order valence-corrected chi connectivity index (χ3v) is 5.98. The summed E-state index contributed by atoms with van der Waals surface area (Å²) in [4.78, 5) is 0. The Morgan fingerprint density at radius 2 is 1.80 bits per heavy atom. The molecule has 114 valence electrons. The molecule has 1 N–H and O–H groups in total. The molecule has 1 aromatic rings. The van der Waals surface area contributed by atoms with Gasteiger partial charge in [-0.3, -0.25) is 0 Å². The molecule has 0 saturated carbocycles. The minimum absolute atomic E-state index is 0.206. The van der Waals surface area contributed by atoms with Crippen molar-refractivity contribution in [2.45, 2.75) is 44.4 Å². The van der Waals surface area contributed by atoms with Gasteiger partial charge in [0, 0.05) is 12.3 Å². The van der Waals surface area contributed by atoms with Gasteiger partial charge in [-0.05, 0) is 50.9 Å². The summed E-state index contributed by atoms with van der Waals surface area (Å²) in [6, 6.07) is 6.00. The Hall–Kier alpha value is -0.940. The summed E-state index contributed by atoms with van der Waals surface area (Å²) >= 11 is 0. The molecule has 5 heteroatoms. The molecular weight excluding hydrogens is 277 g/mol. The maximum absolute atomic E-state index is 12.9. The van der Waals surface area contributed by atoms with Crippen molar-refractivity contribution in [3.05, 3.63) is 35.6 Å². The topological polar surface area (TPSA) is 46.2 Å². The van der Waals surface area contributed by atoms with E-state index in [1.807, 2.05) is 6.92 Å². The highest BCUT2D eigenvalue weighted by atomic mass is 32.2. The van der Waals surface area contributed by atoms with E-state index in [2.05, 4.69) is 5.32 Å². The van der Waals surface area contributed by atoms with E-state index in [0.717, 1.165) is 18.5 Å². The summed E-state index contributed by atoms with van der Waals surface area (Å²) in [6.45, 7) is 6.26. The lowest BCUT2D eigenvalue weighted by molar-refractivity contribution is 0.406. The first kappa shape index (κ1) is 17.1. The molecule has 0 radical (unpaired) electrons. The molecule has 1 atom stereocenters. The van der Waals surface area contributed by atoms with Gasteiger partial charge in [0.25, 0.3) is 0 Å². The average molecular weight is 301 g/mol. The van der Waals surface area contributed by atoms with Crippen LogP contribution in [0.1, 0.15) is 32.8 Å². The predicted molar refractivity (Wildman–Crippen MR) is 81.1 cm³/mol. The Bertz CT molecular complexity index is 523. The molecule has 1 aromatic carbocycles. The lowest BCUT2D eigenvalue weighted by Crippen LogP contribution is -2.52. The van der Waals surface area contributed by atoms with Gasteiger partial charge in [-0.15, -0.1) is 0 Å². The van der Waals surface area contributed by atoms with Crippen molar-refractivity contribution in [1.29, 1.82) is 0 Å². The minimum Gasteiger partial charge on any atom is -0.312 e. The number of sulfone groups is 1. The molecule has 0 aliphatic rings. The lowest BCUT2D eigenvalue weighted by Gasteiger charge is -2.33. The molecule has 0 aliphatic heterocycles. The van der Waals surface area contributed by atoms with E-state index in [1.54, 1.807) is 26.0 Å². The predicted octanol–water partition coefficient (Wildman–Crippen LogP) is 2.56. The van der Waals surface area contributed by atoms with Gasteiger partial charge < -0.3 is 5.32 Å². The maximum atomic E-state index is 12.9. The zero-order valence-corrected chi connectivity index (χ0v) is 13.4. The van der Waals surface area contributed by atoms with Crippen LogP contribution in [0.3, 0.4) is 0 Å². The molecule has 0 fully saturated rings. The Balaban J connectivity index is 2.98. The molecule has 1 unspecified atom stereocenters. The quantitative estimate of drug-likeness (QED) is 0.842. The normalized spacial score (nSPS) is 14.2. The molecule has 0 bridgehead atoms. The smallest absolute Gasteiger partial charge is 0.154 e. The van der Waals surface area contributed by atoms with Crippen LogP contribution in [-0.4, -0.2) is 32.0 Å². The van der Waals surface area contributed by atoms with Crippen LogP contribution in [0.5, 0.6) is 0 Å². The summed E-state index contributed by atoms with van der Waals surface area (Å²) in [7, 11) is -3.20. The van der Waals surface area contributed by atoms with Crippen LogP contribution in [0.4, 0.5) is 4.39 Å². The van der Waals surface area contributed by atoms with Gasteiger partial charge >= 0.3 is 0 Å². The highest BCUT2D eigenvalue weighted by Crippen LogP contribution is 2.23. The zero-order chi connectivity index (χ0) is 15.4. The van der Waals surface area contributed by atoms with Crippen molar-refractivity contribution >= 4 is 9.84 Å². The zero-order valence-electron chi connectivity index (χ0n) is 12.6. The van der Waals surface area contributed by atoms with Gasteiger partial charge in [-0.25, -0.2) is 12.8 Å². The fourth-order valence-electron chi connectivity index (χ4n) is 2.00. The maximum Gasteiger partial charge on any atom is 0.154 e. The number of hydrogen-bond donors (Lipinski definition) is 1. The first-order chi connectivity index (χ1) is 9.18. The van der Waals surface area contributed by atoms with E-state index in [0.29, 0.717) is 6.42 Å². The van der Waals surface area contributed by atoms with Crippen LogP contribution in [0.15, 0.2) is 24.3 Å². The van der Waals surface area contributed by atoms with E-state index < -0.39 is 14.6 Å². The number of halogens is 1. The number of hydrogen-bond acceptors (Lipinski definition) is 3. The van der Waals surface area contributed by atoms with E-state index in [4.69, 9.17) is 0 Å². The number of rotatable bonds is 7. The largest absolute Gasteiger partial charge is 0.312 e. The van der Waals surface area contributed by atoms with Gasteiger partial charge in [0.1, 0.15) is 5.82 Å². The van der Waals surface area contributed by atoms with Crippen LogP contribution in [0, 0.1) is 5.82 Å². The molecule has 3 nitrogen and oxygen atoms in total. The number of benzene rings is 1. The van der Waals surface area contributed by atoms with E-state index in [9.17, 15) is 12.8 Å². The third kappa shape index (κ3) is 4.28. The van der Waals surface area contributed by atoms with Crippen molar-refractivity contribution in [3.63, 3.8) is 0 Å². The van der Waals surface area contributed by atoms with Crippen LogP contribution >= 0.6 is 0 Å². The lowest BCUT2D eigenvalue weighted by atomic mass is 9.95. The van der Waals surface area contributed by atoms with Gasteiger partial charge in [0.2, 0.25) is 0 Å². The Labute approximate surface area is 121 Å². The Morgan fingerprint density at radius 3 is 2.25 bits per heavy atom. The van der Waals surface area contributed by atoms with Crippen molar-refractivity contribution in [3.8, 4) is 0 Å². The molecule has 0 heterocycles. The average Bonchev–Trinajstić information content (AvgIpc) is 2.35. The second-order valence-electron chi connectivity index (χ2n) is 5.71. The summed E-state index contributed by atoms with van der Waals surface area (Å²) in [5, 5.41) is 3.31. The fraction of sp³-hybridized carbons (Fsp3) is 0.600. The van der Waals surface area contributed by atoms with Gasteiger partial charge in [0.05, 0.1) is 4.75 Å². The highest BCUT2D eigenvalue weighted by molar-refractivity contribution is 7.92. The highest BCUT2D eigenvalue weighted by Gasteiger charge is 2.38. The minimum atomic E-state index is -3.20. The van der Waals surface area contributed by atoms with Crippen LogP contribution in [0.2, 0.25) is 0 Å². The molecule has 20 heavy (non-hydrogen) atoms. The van der Waals surface area contributed by atoms with Gasteiger partial charge in [0.15, 0.2) is 9.84 Å². The molecule has 1 rings (SSSR count). The molecular formula is C15H24FNO2S. The second kappa shape index (κ2) is 6.68. The molecule has 0 spiro atoms. The van der Waals surface area contributed by atoms with Crippen molar-refractivity contribution < 1.29 is 12.8 Å². The standard InChI is InChI=1S/C15H24FNO2S/c1-5-10-17-14(15(2,3)20(4,18)19)11-12-6-8-13(16)9-7-12/h6-9,14,17H,5,10-11H2,1-4H3. The summed E-state index contributed by atoms with van der Waals surface area (Å²) in [5.41, 5.74) is 0.928. The Kier molecular flexibility index (Phi) is 5.71. The van der Waals surface area contributed by atoms with Crippen molar-refractivity contribution in [1.82, 2.24) is 5.32 Å². The first-order valence-electron chi connectivity index (χ1n) is 6.86. The van der Waals surface area contributed by atoms with E-state index >= 15 is 0 Å². The summed E-state index contributed by atoms with van der Waals surface area (Å²) in [5.74, 6) is -0.283. The van der Waals surface area contributed by atoms with Crippen molar-refractivity contribution in [2.24, 2.45) is 0 Å². The first-order valence-corrected chi connectivity index (χ1v) is 8.75. The van der Waals surface area contributed by atoms with E-state index in [1.165, 1.54) is 18.4 Å². The SMILES string of the molecule is CCCNC(Cc1ccc(F)cc1)C(C)(C)S(C)(=O)=O. The van der Waals surface area contributed by atoms with Crippen LogP contribution in [-0.2, 0) is 16.3 Å². The van der Waals surface area contributed by atoms with E-state index in [-0.39, 0.29) is 11.9 Å². The summed E-state index contributed by atoms with van der Waals surface area (Å²) < 4.78 is 36.1. The molecule has 0 aliphatic carbocycles. The second-order valence-corrected chi connectivity index (χ2v) is 8.31. The fourth-order valence-corrected chi connectivity index (χ4v) is 2.68. The van der Waals surface area contributed by atoms with Crippen LogP contribution in [0.25, 0.3) is 0 Å². The van der Waals surface area contributed by atoms with Gasteiger partial charge in [-0.2, -0.15) is 0 Å². The monoisotopic (exact) mass is 301 g/mol. The van der Waals surface area contributed by atoms with Gasteiger partial charge in [-0.1, -0.05) is 19.1 Å². The molecule has 0 saturated heterocycles. The molecule has 0 amide bonds. The van der Waals surface area contributed by atoms with Crippen LogP contribution < -0.4 is 5.32 Å².